The first-order valence-corrected chi connectivity index (χ1v) is 10.7. The van der Waals surface area contributed by atoms with Gasteiger partial charge < -0.3 is 0 Å². The van der Waals surface area contributed by atoms with Crippen molar-refractivity contribution in [3.05, 3.63) is 124 Å². The second-order valence-corrected chi connectivity index (χ2v) is 8.36. The molecule has 3 aromatic rings. The molecule has 2 aliphatic rings. The summed E-state index contributed by atoms with van der Waals surface area (Å²) in [5.74, 6) is 0.591. The molecule has 3 atom stereocenters. The summed E-state index contributed by atoms with van der Waals surface area (Å²) in [6.07, 6.45) is 7.96. The quantitative estimate of drug-likeness (QED) is 0.425. The molecule has 1 fully saturated rings. The van der Waals surface area contributed by atoms with Gasteiger partial charge in [0, 0.05) is 11.8 Å². The molecule has 5 rings (SSSR count). The third-order valence-corrected chi connectivity index (χ3v) is 6.56. The molecule has 1 saturated carbocycles. The Bertz CT molecular complexity index is 1080. The monoisotopic (exact) mass is 398 g/mol. The van der Waals surface area contributed by atoms with Crippen molar-refractivity contribution in [2.75, 3.05) is 0 Å². The highest BCUT2D eigenvalue weighted by molar-refractivity contribution is 5.62. The highest BCUT2D eigenvalue weighted by atomic mass is 19.1. The molecule has 0 radical (unpaired) electrons. The van der Waals surface area contributed by atoms with E-state index in [0.717, 1.165) is 24.8 Å². The summed E-state index contributed by atoms with van der Waals surface area (Å²) in [4.78, 5) is 0. The Balaban J connectivity index is 1.58. The minimum atomic E-state index is -0.209. The molecule has 150 valence electrons. The Morgan fingerprint density at radius 3 is 2.10 bits per heavy atom. The summed E-state index contributed by atoms with van der Waals surface area (Å²) >= 11 is 0. The molecule has 0 aliphatic heterocycles. The molecule has 0 saturated heterocycles. The second-order valence-electron chi connectivity index (χ2n) is 8.36. The van der Waals surface area contributed by atoms with Gasteiger partial charge in [0.2, 0.25) is 0 Å². The van der Waals surface area contributed by atoms with E-state index in [1.54, 1.807) is 12.1 Å². The molecule has 0 heterocycles. The van der Waals surface area contributed by atoms with Crippen LogP contribution in [0.25, 0.3) is 6.08 Å². The number of rotatable bonds is 3. The Hall–Kier alpha value is -3.00. The zero-order valence-corrected chi connectivity index (χ0v) is 16.8. The predicted octanol–water partition coefficient (Wildman–Crippen LogP) is 7.66. The number of fused-ring (bicyclic) bond motifs is 1. The van der Waals surface area contributed by atoms with E-state index in [1.807, 2.05) is 30.3 Å². The van der Waals surface area contributed by atoms with Gasteiger partial charge >= 0.3 is 0 Å². The van der Waals surface area contributed by atoms with Crippen molar-refractivity contribution in [2.45, 2.75) is 31.1 Å². The highest BCUT2D eigenvalue weighted by Crippen LogP contribution is 2.55. The molecule has 3 aromatic carbocycles. The first-order valence-electron chi connectivity index (χ1n) is 10.7. The van der Waals surface area contributed by atoms with Crippen LogP contribution < -0.4 is 0 Å². The van der Waals surface area contributed by atoms with Gasteiger partial charge in [-0.25, -0.2) is 8.78 Å². The van der Waals surface area contributed by atoms with Gasteiger partial charge in [0.15, 0.2) is 0 Å². The smallest absolute Gasteiger partial charge is 0.123 e. The third kappa shape index (κ3) is 3.63. The summed E-state index contributed by atoms with van der Waals surface area (Å²) < 4.78 is 26.9. The maximum atomic E-state index is 13.6. The molecule has 0 N–H and O–H groups in total. The van der Waals surface area contributed by atoms with E-state index in [2.05, 4.69) is 36.4 Å². The van der Waals surface area contributed by atoms with Gasteiger partial charge in [-0.2, -0.15) is 0 Å². The van der Waals surface area contributed by atoms with Crippen molar-refractivity contribution in [2.24, 2.45) is 5.92 Å². The van der Waals surface area contributed by atoms with E-state index < -0.39 is 0 Å². The summed E-state index contributed by atoms with van der Waals surface area (Å²) in [5.41, 5.74) is 6.30. The number of hydrogen-bond acceptors (Lipinski definition) is 0. The predicted molar refractivity (Wildman–Crippen MR) is 118 cm³/mol. The van der Waals surface area contributed by atoms with Crippen LogP contribution in [0.5, 0.6) is 0 Å². The number of halogens is 2. The molecule has 0 bridgehead atoms. The van der Waals surface area contributed by atoms with Crippen molar-refractivity contribution in [3.63, 3.8) is 0 Å². The fraction of sp³-hybridized carbons (Fsp3) is 0.214. The maximum Gasteiger partial charge on any atom is 0.123 e. The molecule has 30 heavy (non-hydrogen) atoms. The van der Waals surface area contributed by atoms with E-state index in [-0.39, 0.29) is 17.6 Å². The van der Waals surface area contributed by atoms with Crippen molar-refractivity contribution >= 4 is 6.08 Å². The first kappa shape index (κ1) is 19.0. The van der Waals surface area contributed by atoms with Crippen molar-refractivity contribution in [1.29, 1.82) is 0 Å². The SMILES string of the molecule is Fc1ccc(/C=C2\CCCC3C2=C[C@H](c2ccccc2)[C@H]3c2ccc(F)cc2)cc1. The van der Waals surface area contributed by atoms with Crippen LogP contribution in [-0.2, 0) is 0 Å². The Morgan fingerprint density at radius 2 is 1.40 bits per heavy atom. The lowest BCUT2D eigenvalue weighted by Crippen LogP contribution is -2.18. The minimum absolute atomic E-state index is 0.193. The van der Waals surface area contributed by atoms with Crippen LogP contribution in [0.1, 0.15) is 47.8 Å². The van der Waals surface area contributed by atoms with Crippen molar-refractivity contribution < 1.29 is 8.78 Å². The fourth-order valence-electron chi connectivity index (χ4n) is 5.22. The van der Waals surface area contributed by atoms with Gasteiger partial charge in [0.25, 0.3) is 0 Å². The normalized spacial score (nSPS) is 24.5. The van der Waals surface area contributed by atoms with Gasteiger partial charge in [-0.3, -0.25) is 0 Å². The largest absolute Gasteiger partial charge is 0.207 e. The van der Waals surface area contributed by atoms with Gasteiger partial charge in [-0.1, -0.05) is 66.7 Å². The zero-order chi connectivity index (χ0) is 20.5. The molecule has 0 nitrogen and oxygen atoms in total. The van der Waals surface area contributed by atoms with Crippen LogP contribution in [0, 0.1) is 17.6 Å². The van der Waals surface area contributed by atoms with Crippen molar-refractivity contribution in [1.82, 2.24) is 0 Å². The number of hydrogen-bond donors (Lipinski definition) is 0. The zero-order valence-electron chi connectivity index (χ0n) is 16.8. The lowest BCUT2D eigenvalue weighted by atomic mass is 9.72. The van der Waals surface area contributed by atoms with Gasteiger partial charge in [-0.15, -0.1) is 0 Å². The molecule has 1 unspecified atom stereocenters. The third-order valence-electron chi connectivity index (χ3n) is 6.56. The number of benzene rings is 3. The summed E-state index contributed by atoms with van der Waals surface area (Å²) in [7, 11) is 0. The molecule has 0 aromatic heterocycles. The lowest BCUT2D eigenvalue weighted by Gasteiger charge is -2.31. The standard InChI is InChI=1S/C28H24F2/c29-23-13-9-19(10-14-23)17-22-7-4-8-25-26(22)18-27(20-5-2-1-3-6-20)28(25)21-11-15-24(30)16-12-21/h1-3,5-6,9-18,25,27-28H,4,7-8H2/b22-17+/t25?,27-,28+/m1/s1. The van der Waals surface area contributed by atoms with E-state index in [9.17, 15) is 8.78 Å². The summed E-state index contributed by atoms with van der Waals surface area (Å²) in [6.45, 7) is 0. The topological polar surface area (TPSA) is 0 Å². The summed E-state index contributed by atoms with van der Waals surface area (Å²) in [5, 5.41) is 0. The van der Waals surface area contributed by atoms with E-state index in [1.165, 1.54) is 34.4 Å². The molecule has 0 spiro atoms. The van der Waals surface area contributed by atoms with Crippen LogP contribution in [0.3, 0.4) is 0 Å². The van der Waals surface area contributed by atoms with Crippen LogP contribution in [0.15, 0.2) is 96.1 Å². The fourth-order valence-corrected chi connectivity index (χ4v) is 5.22. The molecule has 0 amide bonds. The van der Waals surface area contributed by atoms with E-state index in [4.69, 9.17) is 0 Å². The number of allylic oxidation sites excluding steroid dienone is 3. The molecule has 2 heteroatoms. The van der Waals surface area contributed by atoms with Crippen LogP contribution in [0.2, 0.25) is 0 Å². The van der Waals surface area contributed by atoms with Gasteiger partial charge in [-0.05, 0) is 77.3 Å². The Labute approximate surface area is 176 Å². The Morgan fingerprint density at radius 1 is 0.733 bits per heavy atom. The molecule has 2 aliphatic carbocycles. The lowest BCUT2D eigenvalue weighted by molar-refractivity contribution is 0.427. The molecular formula is C28H24F2. The van der Waals surface area contributed by atoms with Crippen LogP contribution in [0.4, 0.5) is 8.78 Å². The first-order chi connectivity index (χ1) is 14.7. The highest BCUT2D eigenvalue weighted by Gasteiger charge is 2.41. The second kappa shape index (κ2) is 8.02. The van der Waals surface area contributed by atoms with Crippen molar-refractivity contribution in [3.8, 4) is 0 Å². The minimum Gasteiger partial charge on any atom is -0.207 e. The average Bonchev–Trinajstić information content (AvgIpc) is 3.17. The maximum absolute atomic E-state index is 13.6. The van der Waals surface area contributed by atoms with E-state index >= 15 is 0 Å². The molecular weight excluding hydrogens is 374 g/mol. The van der Waals surface area contributed by atoms with Crippen LogP contribution in [-0.4, -0.2) is 0 Å². The Kier molecular flexibility index (Phi) is 5.08. The van der Waals surface area contributed by atoms with Crippen LogP contribution >= 0.6 is 0 Å². The average molecular weight is 398 g/mol. The van der Waals surface area contributed by atoms with Gasteiger partial charge in [0.05, 0.1) is 0 Å². The summed E-state index contributed by atoms with van der Waals surface area (Å²) in [6, 6.07) is 24.4. The van der Waals surface area contributed by atoms with Gasteiger partial charge in [0.1, 0.15) is 11.6 Å². The van der Waals surface area contributed by atoms with E-state index in [0.29, 0.717) is 11.8 Å².